The Kier molecular flexibility index (Phi) is 6.82. The fourth-order valence-corrected chi connectivity index (χ4v) is 1.42. The zero-order chi connectivity index (χ0) is 13.7. The molecule has 0 heterocycles. The lowest BCUT2D eigenvalue weighted by atomic mass is 10.1. The summed E-state index contributed by atoms with van der Waals surface area (Å²) in [6, 6.07) is 0. The molecule has 0 aliphatic heterocycles. The van der Waals surface area contributed by atoms with Crippen LogP contribution in [0.25, 0.3) is 0 Å². The van der Waals surface area contributed by atoms with Crippen molar-refractivity contribution < 1.29 is 17.9 Å². The molecule has 0 saturated carbocycles. The molecule has 0 aromatic carbocycles. The first-order valence-corrected chi connectivity index (χ1v) is 6.67. The molecule has 0 rings (SSSR count). The summed E-state index contributed by atoms with van der Waals surface area (Å²) in [7, 11) is 0. The van der Waals surface area contributed by atoms with Crippen LogP contribution in [0, 0.1) is 11.8 Å². The molecule has 0 aromatic heterocycles. The molecule has 0 N–H and O–H groups in total. The Bertz CT molecular complexity index is 365. The van der Waals surface area contributed by atoms with Crippen LogP contribution in [0.4, 0.5) is 0 Å². The highest BCUT2D eigenvalue weighted by Crippen LogP contribution is 2.32. The molecule has 0 bridgehead atoms. The van der Waals surface area contributed by atoms with E-state index < -0.39 is 25.8 Å². The van der Waals surface area contributed by atoms with Crippen LogP contribution in [0.3, 0.4) is 0 Å². The summed E-state index contributed by atoms with van der Waals surface area (Å²) in [6.45, 7) is 4.83. The molecule has 0 aliphatic rings. The summed E-state index contributed by atoms with van der Waals surface area (Å²) in [5, 5.41) is 0. The van der Waals surface area contributed by atoms with Gasteiger partial charge < -0.3 is 4.74 Å². The smallest absolute Gasteiger partial charge is 0.384 e. The number of hydrogen-bond acceptors (Lipinski definition) is 4. The second-order valence-electron chi connectivity index (χ2n) is 3.24. The lowest BCUT2D eigenvalue weighted by Crippen LogP contribution is -2.28. The van der Waals surface area contributed by atoms with Crippen LogP contribution >= 0.6 is 34.8 Å². The number of ether oxygens (including phenoxy) is 1. The Morgan fingerprint density at radius 1 is 1.35 bits per heavy atom. The van der Waals surface area contributed by atoms with E-state index in [1.54, 1.807) is 6.92 Å². The van der Waals surface area contributed by atoms with Gasteiger partial charge in [0.05, 0.1) is 6.61 Å². The van der Waals surface area contributed by atoms with Gasteiger partial charge in [0.25, 0.3) is 3.12 Å². The van der Waals surface area contributed by atoms with Gasteiger partial charge in [-0.2, -0.15) is 0 Å². The molecule has 0 radical (unpaired) electrons. The molecule has 0 saturated heterocycles. The normalized spacial score (nSPS) is 13.5. The molecule has 0 amide bonds. The SMILES string of the molecule is CCOC(=O)C#CC(C)(C)OS(=O)C(Cl)(Cl)Cl. The maximum absolute atomic E-state index is 11.4. The summed E-state index contributed by atoms with van der Waals surface area (Å²) in [4.78, 5) is 11.0. The van der Waals surface area contributed by atoms with E-state index in [0.29, 0.717) is 0 Å². The molecule has 0 fully saturated rings. The van der Waals surface area contributed by atoms with E-state index in [1.807, 2.05) is 0 Å². The fraction of sp³-hybridized carbons (Fsp3) is 0.667. The third kappa shape index (κ3) is 7.85. The van der Waals surface area contributed by atoms with E-state index in [1.165, 1.54) is 13.8 Å². The predicted molar refractivity (Wildman–Crippen MR) is 68.0 cm³/mol. The summed E-state index contributed by atoms with van der Waals surface area (Å²) in [5.74, 6) is 3.91. The molecule has 17 heavy (non-hydrogen) atoms. The van der Waals surface area contributed by atoms with Crippen molar-refractivity contribution in [2.45, 2.75) is 29.5 Å². The van der Waals surface area contributed by atoms with Crippen LogP contribution in [-0.4, -0.2) is 25.5 Å². The molecule has 8 heteroatoms. The Morgan fingerprint density at radius 2 is 1.88 bits per heavy atom. The zero-order valence-electron chi connectivity index (χ0n) is 9.38. The average molecular weight is 322 g/mol. The number of hydrogen-bond donors (Lipinski definition) is 0. The molecule has 0 spiro atoms. The minimum absolute atomic E-state index is 0.217. The second kappa shape index (κ2) is 6.81. The van der Waals surface area contributed by atoms with Gasteiger partial charge in [0.2, 0.25) is 11.1 Å². The summed E-state index contributed by atoms with van der Waals surface area (Å²) in [6.07, 6.45) is 0. The average Bonchev–Trinajstić information content (AvgIpc) is 2.13. The van der Waals surface area contributed by atoms with E-state index >= 15 is 0 Å². The van der Waals surface area contributed by atoms with Gasteiger partial charge in [0.1, 0.15) is 5.60 Å². The van der Waals surface area contributed by atoms with Gasteiger partial charge in [-0.15, -0.1) is 0 Å². The number of esters is 1. The van der Waals surface area contributed by atoms with Crippen LogP contribution in [0.2, 0.25) is 0 Å². The monoisotopic (exact) mass is 320 g/mol. The molecule has 0 aliphatic carbocycles. The fourth-order valence-electron chi connectivity index (χ4n) is 0.626. The van der Waals surface area contributed by atoms with Crippen molar-refractivity contribution in [3.8, 4) is 11.8 Å². The Hall–Kier alpha value is 0.01000. The third-order valence-electron chi connectivity index (χ3n) is 1.21. The summed E-state index contributed by atoms with van der Waals surface area (Å²) < 4.78 is 18.8. The Labute approximate surface area is 118 Å². The van der Waals surface area contributed by atoms with Crippen molar-refractivity contribution in [3.05, 3.63) is 0 Å². The van der Waals surface area contributed by atoms with Crippen LogP contribution < -0.4 is 0 Å². The molecule has 1 unspecified atom stereocenters. The van der Waals surface area contributed by atoms with Gasteiger partial charge in [0, 0.05) is 5.92 Å². The highest BCUT2D eigenvalue weighted by Gasteiger charge is 2.34. The topological polar surface area (TPSA) is 52.6 Å². The molecule has 1 atom stereocenters. The van der Waals surface area contributed by atoms with E-state index in [0.717, 1.165) is 0 Å². The van der Waals surface area contributed by atoms with Crippen molar-refractivity contribution in [3.63, 3.8) is 0 Å². The van der Waals surface area contributed by atoms with Crippen LogP contribution in [-0.2, 0) is 24.8 Å². The third-order valence-corrected chi connectivity index (χ3v) is 3.29. The Morgan fingerprint density at radius 3 is 2.29 bits per heavy atom. The van der Waals surface area contributed by atoms with Crippen LogP contribution in [0.15, 0.2) is 0 Å². The number of halogens is 3. The minimum atomic E-state index is -2.18. The van der Waals surface area contributed by atoms with Crippen LogP contribution in [0.5, 0.6) is 0 Å². The second-order valence-corrected chi connectivity index (χ2v) is 7.45. The molecule has 0 aromatic rings. The van der Waals surface area contributed by atoms with Gasteiger partial charge in [-0.1, -0.05) is 40.7 Å². The van der Waals surface area contributed by atoms with Crippen molar-refractivity contribution in [2.24, 2.45) is 0 Å². The lowest BCUT2D eigenvalue weighted by Gasteiger charge is -2.20. The maximum atomic E-state index is 11.4. The highest BCUT2D eigenvalue weighted by atomic mass is 35.6. The summed E-state index contributed by atoms with van der Waals surface area (Å²) in [5.41, 5.74) is -1.21. The van der Waals surface area contributed by atoms with Gasteiger partial charge in [-0.05, 0) is 20.8 Å². The van der Waals surface area contributed by atoms with Crippen molar-refractivity contribution in [1.82, 2.24) is 0 Å². The van der Waals surface area contributed by atoms with Gasteiger partial charge in [0.15, 0.2) is 0 Å². The lowest BCUT2D eigenvalue weighted by molar-refractivity contribution is -0.136. The Balaban J connectivity index is 4.59. The van der Waals surface area contributed by atoms with Gasteiger partial charge in [-0.25, -0.2) is 9.00 Å². The standard InChI is InChI=1S/C9H11Cl3O4S/c1-4-15-7(13)5-6-8(2,3)16-17(14)9(10,11)12/h4H2,1-3H3. The molecule has 98 valence electrons. The van der Waals surface area contributed by atoms with E-state index in [4.69, 9.17) is 39.0 Å². The zero-order valence-corrected chi connectivity index (χ0v) is 12.5. The van der Waals surface area contributed by atoms with Crippen molar-refractivity contribution in [1.29, 1.82) is 0 Å². The summed E-state index contributed by atoms with van der Waals surface area (Å²) >= 11 is 13.9. The largest absolute Gasteiger partial charge is 0.456 e. The quantitative estimate of drug-likeness (QED) is 0.346. The minimum Gasteiger partial charge on any atom is -0.456 e. The van der Waals surface area contributed by atoms with Crippen LogP contribution in [0.1, 0.15) is 20.8 Å². The van der Waals surface area contributed by atoms with Gasteiger partial charge in [-0.3, -0.25) is 4.18 Å². The number of alkyl halides is 3. The van der Waals surface area contributed by atoms with E-state index in [9.17, 15) is 9.00 Å². The first-order valence-electron chi connectivity index (χ1n) is 4.46. The van der Waals surface area contributed by atoms with E-state index in [-0.39, 0.29) is 6.61 Å². The highest BCUT2D eigenvalue weighted by molar-refractivity contribution is 7.86. The number of carbonyl (C=O) groups excluding carboxylic acids is 1. The first kappa shape index (κ1) is 17.0. The van der Waals surface area contributed by atoms with E-state index in [2.05, 4.69) is 16.6 Å². The van der Waals surface area contributed by atoms with Gasteiger partial charge >= 0.3 is 5.97 Å². The van der Waals surface area contributed by atoms with Crippen molar-refractivity contribution in [2.75, 3.05) is 6.61 Å². The molecule has 4 nitrogen and oxygen atoms in total. The van der Waals surface area contributed by atoms with Crippen molar-refractivity contribution >= 4 is 51.9 Å². The predicted octanol–water partition coefficient (Wildman–Crippen LogP) is 2.34. The number of rotatable bonds is 3. The number of carbonyl (C=O) groups is 1. The first-order chi connectivity index (χ1) is 7.58. The molecular formula is C9H11Cl3O4S. The molecular weight excluding hydrogens is 311 g/mol. The maximum Gasteiger partial charge on any atom is 0.384 e.